The maximum Gasteiger partial charge on any atom is 0.224 e. The van der Waals surface area contributed by atoms with E-state index in [1.807, 2.05) is 24.1 Å². The normalized spacial score (nSPS) is 14.5. The van der Waals surface area contributed by atoms with E-state index in [9.17, 15) is 4.79 Å². The molecule has 92 valence electrons. The predicted molar refractivity (Wildman–Crippen MR) is 66.5 cm³/mol. The van der Waals surface area contributed by atoms with Gasteiger partial charge in [0.1, 0.15) is 0 Å². The molecule has 17 heavy (non-hydrogen) atoms. The summed E-state index contributed by atoms with van der Waals surface area (Å²) in [6.07, 6.45) is 3.29. The molecule has 1 amide bonds. The Morgan fingerprint density at radius 3 is 3.29 bits per heavy atom. The maximum atomic E-state index is 11.9. The lowest BCUT2D eigenvalue weighted by Gasteiger charge is -2.28. The van der Waals surface area contributed by atoms with Crippen LogP contribution in [0.15, 0.2) is 18.3 Å². The lowest BCUT2D eigenvalue weighted by Crippen LogP contribution is -2.37. The van der Waals surface area contributed by atoms with Crippen molar-refractivity contribution in [2.24, 2.45) is 0 Å². The van der Waals surface area contributed by atoms with E-state index in [1.165, 1.54) is 5.56 Å². The largest absolute Gasteiger partial charge is 0.338 e. The summed E-state index contributed by atoms with van der Waals surface area (Å²) < 4.78 is 0. The zero-order valence-electron chi connectivity index (χ0n) is 10.3. The van der Waals surface area contributed by atoms with Crippen LogP contribution in [0.25, 0.3) is 0 Å². The molecule has 1 aromatic rings. The Hall–Kier alpha value is -1.42. The molecule has 0 saturated heterocycles. The highest BCUT2D eigenvalue weighted by molar-refractivity contribution is 5.76. The Labute approximate surface area is 102 Å². The van der Waals surface area contributed by atoms with Crippen molar-refractivity contribution in [2.75, 3.05) is 19.6 Å². The van der Waals surface area contributed by atoms with Crippen LogP contribution in [0.2, 0.25) is 0 Å². The van der Waals surface area contributed by atoms with Crippen molar-refractivity contribution in [3.8, 4) is 0 Å². The molecule has 1 N–H and O–H groups in total. The van der Waals surface area contributed by atoms with Gasteiger partial charge in [-0.25, -0.2) is 0 Å². The molecule has 0 fully saturated rings. The highest BCUT2D eigenvalue weighted by Crippen LogP contribution is 2.16. The average molecular weight is 233 g/mol. The number of nitrogens with zero attached hydrogens (tertiary/aromatic N) is 2. The first kappa shape index (κ1) is 12.0. The van der Waals surface area contributed by atoms with Crippen molar-refractivity contribution < 1.29 is 4.79 Å². The summed E-state index contributed by atoms with van der Waals surface area (Å²) in [6.45, 7) is 5.25. The highest BCUT2D eigenvalue weighted by Gasteiger charge is 2.20. The molecule has 0 aliphatic carbocycles. The van der Waals surface area contributed by atoms with Crippen LogP contribution in [-0.2, 0) is 17.8 Å². The van der Waals surface area contributed by atoms with Crippen LogP contribution in [0.5, 0.6) is 0 Å². The number of carbonyl (C=O) groups is 1. The van der Waals surface area contributed by atoms with Gasteiger partial charge in [-0.3, -0.25) is 9.78 Å². The Morgan fingerprint density at radius 2 is 2.47 bits per heavy atom. The minimum Gasteiger partial charge on any atom is -0.338 e. The lowest BCUT2D eigenvalue weighted by molar-refractivity contribution is -0.132. The molecular weight excluding hydrogens is 214 g/mol. The molecule has 0 saturated carbocycles. The number of rotatable bonds is 4. The van der Waals surface area contributed by atoms with E-state index < -0.39 is 0 Å². The number of fused-ring (bicyclic) bond motifs is 1. The van der Waals surface area contributed by atoms with Crippen LogP contribution in [0.4, 0.5) is 0 Å². The third-order valence-corrected chi connectivity index (χ3v) is 3.08. The Balaban J connectivity index is 1.91. The number of hydrogen-bond acceptors (Lipinski definition) is 3. The molecule has 0 atom stereocenters. The van der Waals surface area contributed by atoms with Gasteiger partial charge in [0.15, 0.2) is 0 Å². The van der Waals surface area contributed by atoms with Crippen molar-refractivity contribution in [3.63, 3.8) is 0 Å². The molecule has 4 nitrogen and oxygen atoms in total. The molecular formula is C13H19N3O. The van der Waals surface area contributed by atoms with E-state index in [2.05, 4.69) is 16.4 Å². The SMILES string of the molecule is CCNCCC(=O)N1CCc2ncccc2C1. The Morgan fingerprint density at radius 1 is 1.59 bits per heavy atom. The van der Waals surface area contributed by atoms with Gasteiger partial charge in [-0.15, -0.1) is 0 Å². The monoisotopic (exact) mass is 233 g/mol. The smallest absolute Gasteiger partial charge is 0.224 e. The first-order valence-electron chi connectivity index (χ1n) is 6.22. The molecule has 4 heteroatoms. The van der Waals surface area contributed by atoms with Crippen molar-refractivity contribution in [3.05, 3.63) is 29.6 Å². The number of nitrogens with one attached hydrogen (secondary N) is 1. The average Bonchev–Trinajstić information content (AvgIpc) is 2.38. The van der Waals surface area contributed by atoms with Gasteiger partial charge in [-0.1, -0.05) is 13.0 Å². The quantitative estimate of drug-likeness (QED) is 0.788. The number of amides is 1. The molecule has 0 aromatic carbocycles. The second-order valence-corrected chi connectivity index (χ2v) is 4.28. The molecule has 1 aliphatic heterocycles. The van der Waals surface area contributed by atoms with Crippen LogP contribution in [0, 0.1) is 0 Å². The lowest BCUT2D eigenvalue weighted by atomic mass is 10.1. The number of aromatic nitrogens is 1. The van der Waals surface area contributed by atoms with E-state index in [1.54, 1.807) is 0 Å². The van der Waals surface area contributed by atoms with Crippen molar-refractivity contribution >= 4 is 5.91 Å². The van der Waals surface area contributed by atoms with Crippen LogP contribution < -0.4 is 5.32 Å². The molecule has 0 radical (unpaired) electrons. The van der Waals surface area contributed by atoms with E-state index >= 15 is 0 Å². The summed E-state index contributed by atoms with van der Waals surface area (Å²) in [5, 5.41) is 3.18. The summed E-state index contributed by atoms with van der Waals surface area (Å²) in [5.74, 6) is 0.237. The van der Waals surface area contributed by atoms with Gasteiger partial charge in [-0.2, -0.15) is 0 Å². The van der Waals surface area contributed by atoms with Crippen molar-refractivity contribution in [1.29, 1.82) is 0 Å². The third kappa shape index (κ3) is 3.03. The molecule has 2 heterocycles. The standard InChI is InChI=1S/C13H19N3O/c1-2-14-8-5-13(17)16-9-6-12-11(10-16)4-3-7-15-12/h3-4,7,14H,2,5-6,8-10H2,1H3. The van der Waals surface area contributed by atoms with Gasteiger partial charge in [0.25, 0.3) is 0 Å². The second kappa shape index (κ2) is 5.77. The van der Waals surface area contributed by atoms with E-state index in [0.29, 0.717) is 13.0 Å². The van der Waals surface area contributed by atoms with Gasteiger partial charge >= 0.3 is 0 Å². The molecule has 0 unspecified atom stereocenters. The minimum absolute atomic E-state index is 0.237. The van der Waals surface area contributed by atoms with Gasteiger partial charge in [0.2, 0.25) is 5.91 Å². The number of pyridine rings is 1. The van der Waals surface area contributed by atoms with E-state index in [0.717, 1.165) is 31.7 Å². The van der Waals surface area contributed by atoms with Crippen molar-refractivity contribution in [1.82, 2.24) is 15.2 Å². The first-order valence-corrected chi connectivity index (χ1v) is 6.22. The van der Waals surface area contributed by atoms with Crippen LogP contribution in [0.3, 0.4) is 0 Å². The Kier molecular flexibility index (Phi) is 4.09. The topological polar surface area (TPSA) is 45.2 Å². The number of carbonyl (C=O) groups excluding carboxylic acids is 1. The fourth-order valence-electron chi connectivity index (χ4n) is 2.11. The van der Waals surface area contributed by atoms with Gasteiger partial charge < -0.3 is 10.2 Å². The Bertz CT molecular complexity index is 392. The third-order valence-electron chi connectivity index (χ3n) is 3.08. The molecule has 2 rings (SSSR count). The summed E-state index contributed by atoms with van der Waals surface area (Å²) in [6, 6.07) is 4.00. The fraction of sp³-hybridized carbons (Fsp3) is 0.538. The zero-order valence-corrected chi connectivity index (χ0v) is 10.3. The molecule has 1 aromatic heterocycles. The molecule has 1 aliphatic rings. The first-order chi connectivity index (χ1) is 8.31. The van der Waals surface area contributed by atoms with Crippen LogP contribution in [-0.4, -0.2) is 35.4 Å². The molecule has 0 spiro atoms. The van der Waals surface area contributed by atoms with E-state index in [4.69, 9.17) is 0 Å². The summed E-state index contributed by atoms with van der Waals surface area (Å²) in [7, 11) is 0. The summed E-state index contributed by atoms with van der Waals surface area (Å²) >= 11 is 0. The summed E-state index contributed by atoms with van der Waals surface area (Å²) in [5.41, 5.74) is 2.33. The molecule has 0 bridgehead atoms. The predicted octanol–water partition coefficient (Wildman–Crippen LogP) is 0.966. The van der Waals surface area contributed by atoms with Gasteiger partial charge in [0.05, 0.1) is 0 Å². The van der Waals surface area contributed by atoms with Crippen LogP contribution >= 0.6 is 0 Å². The van der Waals surface area contributed by atoms with Gasteiger partial charge in [-0.05, 0) is 18.2 Å². The highest BCUT2D eigenvalue weighted by atomic mass is 16.2. The van der Waals surface area contributed by atoms with E-state index in [-0.39, 0.29) is 5.91 Å². The van der Waals surface area contributed by atoms with Crippen LogP contribution in [0.1, 0.15) is 24.6 Å². The zero-order chi connectivity index (χ0) is 12.1. The minimum atomic E-state index is 0.237. The maximum absolute atomic E-state index is 11.9. The van der Waals surface area contributed by atoms with Gasteiger partial charge in [0, 0.05) is 44.4 Å². The number of hydrogen-bond donors (Lipinski definition) is 1. The summed E-state index contributed by atoms with van der Waals surface area (Å²) in [4.78, 5) is 18.2. The van der Waals surface area contributed by atoms with Crippen molar-refractivity contribution in [2.45, 2.75) is 26.3 Å². The fourth-order valence-corrected chi connectivity index (χ4v) is 2.11. The second-order valence-electron chi connectivity index (χ2n) is 4.28.